The number of rotatable bonds is 3. The van der Waals surface area contributed by atoms with Gasteiger partial charge in [0.15, 0.2) is 0 Å². The van der Waals surface area contributed by atoms with Crippen LogP contribution < -0.4 is 0 Å². The van der Waals surface area contributed by atoms with Crippen molar-refractivity contribution in [2.75, 3.05) is 0 Å². The molecule has 0 aliphatic rings. The Hall–Kier alpha value is -6.06. The molecule has 45 heavy (non-hydrogen) atoms. The number of aromatic nitrogens is 1. The predicted octanol–water partition coefficient (Wildman–Crippen LogP) is 11.9. The van der Waals surface area contributed by atoms with Crippen LogP contribution in [0.1, 0.15) is 0 Å². The molecule has 0 aliphatic heterocycles. The molecular weight excluding hydrogens is 550 g/mol. The molecule has 3 aromatic heterocycles. The molecule has 0 unspecified atom stereocenters. The van der Waals surface area contributed by atoms with E-state index in [9.17, 15) is 0 Å². The van der Waals surface area contributed by atoms with Crippen molar-refractivity contribution in [3.63, 3.8) is 0 Å². The van der Waals surface area contributed by atoms with Crippen molar-refractivity contribution >= 4 is 65.7 Å². The fraction of sp³-hybridized carbons (Fsp3) is 0. The van der Waals surface area contributed by atoms with Crippen molar-refractivity contribution in [3.8, 4) is 27.9 Å². The number of furan rings is 2. The number of para-hydroxylation sites is 4. The highest BCUT2D eigenvalue weighted by atomic mass is 16.3. The van der Waals surface area contributed by atoms with Gasteiger partial charge in [-0.1, -0.05) is 109 Å². The molecule has 0 N–H and O–H groups in total. The van der Waals surface area contributed by atoms with E-state index in [1.807, 2.05) is 24.3 Å². The van der Waals surface area contributed by atoms with Crippen LogP contribution in [-0.4, -0.2) is 4.57 Å². The van der Waals surface area contributed by atoms with Crippen LogP contribution in [0.2, 0.25) is 0 Å². The number of benzene rings is 7. The van der Waals surface area contributed by atoms with Gasteiger partial charge in [-0.2, -0.15) is 0 Å². The lowest BCUT2D eigenvalue weighted by molar-refractivity contribution is 0.669. The van der Waals surface area contributed by atoms with Crippen LogP contribution in [-0.2, 0) is 0 Å². The Balaban J connectivity index is 1.08. The molecule has 0 amide bonds. The third-order valence-corrected chi connectivity index (χ3v) is 9.23. The highest BCUT2D eigenvalue weighted by molar-refractivity contribution is 6.24. The normalized spacial score (nSPS) is 12.0. The molecular formula is C42H25NO2. The third kappa shape index (κ3) is 3.52. The van der Waals surface area contributed by atoms with Crippen molar-refractivity contribution in [3.05, 3.63) is 152 Å². The van der Waals surface area contributed by atoms with Gasteiger partial charge in [-0.15, -0.1) is 0 Å². The lowest BCUT2D eigenvalue weighted by Crippen LogP contribution is -1.94. The van der Waals surface area contributed by atoms with E-state index in [-0.39, 0.29) is 0 Å². The highest BCUT2D eigenvalue weighted by Gasteiger charge is 2.19. The summed E-state index contributed by atoms with van der Waals surface area (Å²) in [7, 11) is 0. The van der Waals surface area contributed by atoms with E-state index in [2.05, 4.69) is 132 Å². The maximum atomic E-state index is 6.30. The first kappa shape index (κ1) is 24.4. The van der Waals surface area contributed by atoms with Gasteiger partial charge in [-0.25, -0.2) is 0 Å². The minimum Gasteiger partial charge on any atom is -0.456 e. The summed E-state index contributed by atoms with van der Waals surface area (Å²) in [6.45, 7) is 0. The van der Waals surface area contributed by atoms with E-state index >= 15 is 0 Å². The largest absolute Gasteiger partial charge is 0.456 e. The highest BCUT2D eigenvalue weighted by Crippen LogP contribution is 2.41. The van der Waals surface area contributed by atoms with Crippen LogP contribution in [0.3, 0.4) is 0 Å². The van der Waals surface area contributed by atoms with Crippen LogP contribution in [0, 0.1) is 0 Å². The number of hydrogen-bond donors (Lipinski definition) is 0. The Bertz CT molecular complexity index is 2740. The zero-order valence-corrected chi connectivity index (χ0v) is 24.2. The monoisotopic (exact) mass is 575 g/mol. The predicted molar refractivity (Wildman–Crippen MR) is 186 cm³/mol. The lowest BCUT2D eigenvalue weighted by atomic mass is 9.98. The standard InChI is InChI=1S/C42H25NO2/c1-4-13-36-31(8-1)33-24-25-39-40(35-10-3-6-15-38(35)44-39)41(33)43(36)29-22-20-27(21-23-29)26-16-18-28(19-17-26)30-11-7-12-34-32-9-2-5-14-37(32)45-42(30)34/h1-25H. The molecule has 0 atom stereocenters. The molecule has 210 valence electrons. The molecule has 0 radical (unpaired) electrons. The molecule has 7 aromatic carbocycles. The quantitative estimate of drug-likeness (QED) is 0.210. The number of nitrogens with zero attached hydrogens (tertiary/aromatic N) is 1. The average Bonchev–Trinajstić information content (AvgIpc) is 3.78. The van der Waals surface area contributed by atoms with Crippen LogP contribution >= 0.6 is 0 Å². The first-order chi connectivity index (χ1) is 22.3. The SMILES string of the molecule is c1ccc2c(c1)oc1c(-c3ccc(-c4ccc(-n5c6ccccc6c6ccc7oc8ccccc8c7c65)cc4)cc3)cccc12. The van der Waals surface area contributed by atoms with Gasteiger partial charge in [-0.05, 0) is 59.2 Å². The van der Waals surface area contributed by atoms with Crippen LogP contribution in [0.15, 0.2) is 160 Å². The summed E-state index contributed by atoms with van der Waals surface area (Å²) in [4.78, 5) is 0. The van der Waals surface area contributed by atoms with Crippen molar-refractivity contribution in [1.82, 2.24) is 4.57 Å². The minimum absolute atomic E-state index is 0.905. The number of fused-ring (bicyclic) bond motifs is 10. The molecule has 10 rings (SSSR count). The van der Waals surface area contributed by atoms with E-state index in [4.69, 9.17) is 8.83 Å². The first-order valence-electron chi connectivity index (χ1n) is 15.3. The van der Waals surface area contributed by atoms with Gasteiger partial charge in [0.25, 0.3) is 0 Å². The maximum Gasteiger partial charge on any atom is 0.143 e. The topological polar surface area (TPSA) is 31.2 Å². The molecule has 10 aromatic rings. The summed E-state index contributed by atoms with van der Waals surface area (Å²) in [5.74, 6) is 0. The summed E-state index contributed by atoms with van der Waals surface area (Å²) in [6, 6.07) is 53.6. The van der Waals surface area contributed by atoms with Gasteiger partial charge in [0, 0.05) is 38.2 Å². The zero-order chi connectivity index (χ0) is 29.5. The molecule has 0 aliphatic carbocycles. The van der Waals surface area contributed by atoms with Crippen molar-refractivity contribution < 1.29 is 8.83 Å². The lowest BCUT2D eigenvalue weighted by Gasteiger charge is -2.11. The minimum atomic E-state index is 0.905. The second kappa shape index (κ2) is 9.22. The van der Waals surface area contributed by atoms with Gasteiger partial charge < -0.3 is 13.4 Å². The van der Waals surface area contributed by atoms with Gasteiger partial charge in [-0.3, -0.25) is 0 Å². The Labute approximate surface area is 258 Å². The van der Waals surface area contributed by atoms with E-state index < -0.39 is 0 Å². The second-order valence-corrected chi connectivity index (χ2v) is 11.7. The smallest absolute Gasteiger partial charge is 0.143 e. The first-order valence-corrected chi connectivity index (χ1v) is 15.3. The molecule has 3 nitrogen and oxygen atoms in total. The van der Waals surface area contributed by atoms with Crippen LogP contribution in [0.5, 0.6) is 0 Å². The Morgan fingerprint density at radius 2 is 1.00 bits per heavy atom. The summed E-state index contributed by atoms with van der Waals surface area (Å²) in [5.41, 5.74) is 11.7. The van der Waals surface area contributed by atoms with E-state index in [1.165, 1.54) is 32.9 Å². The molecule has 0 fully saturated rings. The van der Waals surface area contributed by atoms with E-state index in [0.717, 1.165) is 60.7 Å². The van der Waals surface area contributed by atoms with Crippen molar-refractivity contribution in [2.24, 2.45) is 0 Å². The summed E-state index contributed by atoms with van der Waals surface area (Å²) >= 11 is 0. The van der Waals surface area contributed by atoms with Crippen molar-refractivity contribution in [1.29, 1.82) is 0 Å². The fourth-order valence-electron chi connectivity index (χ4n) is 7.15. The van der Waals surface area contributed by atoms with Crippen LogP contribution in [0.25, 0.3) is 93.6 Å². The van der Waals surface area contributed by atoms with E-state index in [1.54, 1.807) is 0 Å². The third-order valence-electron chi connectivity index (χ3n) is 9.23. The summed E-state index contributed by atoms with van der Waals surface area (Å²) in [5, 5.41) is 7.04. The maximum absolute atomic E-state index is 6.30. The van der Waals surface area contributed by atoms with Gasteiger partial charge in [0.1, 0.15) is 22.3 Å². The summed E-state index contributed by atoms with van der Waals surface area (Å²) in [6.07, 6.45) is 0. The van der Waals surface area contributed by atoms with Gasteiger partial charge in [0.2, 0.25) is 0 Å². The molecule has 0 spiro atoms. The molecule has 0 bridgehead atoms. The van der Waals surface area contributed by atoms with Gasteiger partial charge in [0.05, 0.1) is 16.4 Å². The molecule has 3 heteroatoms. The average molecular weight is 576 g/mol. The second-order valence-electron chi connectivity index (χ2n) is 11.7. The number of hydrogen-bond acceptors (Lipinski definition) is 2. The zero-order valence-electron chi connectivity index (χ0n) is 24.2. The Kier molecular flexibility index (Phi) is 5.00. The Morgan fingerprint density at radius 1 is 0.378 bits per heavy atom. The summed E-state index contributed by atoms with van der Waals surface area (Å²) < 4.78 is 15.0. The van der Waals surface area contributed by atoms with Crippen molar-refractivity contribution in [2.45, 2.75) is 0 Å². The van der Waals surface area contributed by atoms with E-state index in [0.29, 0.717) is 0 Å². The fourth-order valence-corrected chi connectivity index (χ4v) is 7.15. The molecule has 0 saturated carbocycles. The van der Waals surface area contributed by atoms with Gasteiger partial charge >= 0.3 is 0 Å². The molecule has 0 saturated heterocycles. The Morgan fingerprint density at radius 3 is 1.80 bits per heavy atom. The van der Waals surface area contributed by atoms with Crippen LogP contribution in [0.4, 0.5) is 0 Å². The molecule has 3 heterocycles.